The van der Waals surface area contributed by atoms with Crippen molar-refractivity contribution in [2.75, 3.05) is 6.54 Å². The summed E-state index contributed by atoms with van der Waals surface area (Å²) in [6, 6.07) is 12.4. The molecular formula is C16H16ClNO2. The van der Waals surface area contributed by atoms with Crippen LogP contribution in [0.5, 0.6) is 5.75 Å². The van der Waals surface area contributed by atoms with E-state index in [-0.39, 0.29) is 11.7 Å². The zero-order chi connectivity index (χ0) is 14.5. The molecule has 0 unspecified atom stereocenters. The number of halogens is 1. The number of benzene rings is 2. The van der Waals surface area contributed by atoms with Crippen molar-refractivity contribution in [3.63, 3.8) is 0 Å². The second-order valence-corrected chi connectivity index (χ2v) is 5.07. The maximum Gasteiger partial charge on any atom is 0.251 e. The summed E-state index contributed by atoms with van der Waals surface area (Å²) in [5, 5.41) is 13.1. The van der Waals surface area contributed by atoms with Crippen LogP contribution in [0, 0.1) is 6.92 Å². The fourth-order valence-electron chi connectivity index (χ4n) is 1.82. The zero-order valence-electron chi connectivity index (χ0n) is 11.2. The van der Waals surface area contributed by atoms with E-state index in [0.29, 0.717) is 17.1 Å². The van der Waals surface area contributed by atoms with Crippen molar-refractivity contribution in [1.29, 1.82) is 0 Å². The summed E-state index contributed by atoms with van der Waals surface area (Å²) in [5.74, 6) is -0.0513. The molecule has 2 aromatic carbocycles. The minimum Gasteiger partial charge on any atom is -0.508 e. The number of hydrogen-bond acceptors (Lipinski definition) is 2. The molecule has 2 rings (SSSR count). The van der Waals surface area contributed by atoms with E-state index in [9.17, 15) is 9.90 Å². The Morgan fingerprint density at radius 2 is 1.90 bits per heavy atom. The molecule has 1 amide bonds. The smallest absolute Gasteiger partial charge is 0.251 e. The van der Waals surface area contributed by atoms with Crippen LogP contribution in [-0.4, -0.2) is 17.6 Å². The third-order valence-electron chi connectivity index (χ3n) is 3.08. The Labute approximate surface area is 123 Å². The van der Waals surface area contributed by atoms with E-state index in [2.05, 4.69) is 5.32 Å². The normalized spacial score (nSPS) is 10.3. The van der Waals surface area contributed by atoms with E-state index in [1.165, 1.54) is 6.07 Å². The molecule has 0 fully saturated rings. The Morgan fingerprint density at radius 1 is 1.20 bits per heavy atom. The van der Waals surface area contributed by atoms with E-state index in [0.717, 1.165) is 17.5 Å². The summed E-state index contributed by atoms with van der Waals surface area (Å²) < 4.78 is 0. The topological polar surface area (TPSA) is 49.3 Å². The first-order valence-corrected chi connectivity index (χ1v) is 6.76. The average Bonchev–Trinajstić information content (AvgIpc) is 2.44. The van der Waals surface area contributed by atoms with Gasteiger partial charge in [-0.3, -0.25) is 4.79 Å². The molecule has 104 valence electrons. The summed E-state index contributed by atoms with van der Waals surface area (Å²) in [7, 11) is 0. The van der Waals surface area contributed by atoms with E-state index < -0.39 is 0 Å². The second kappa shape index (κ2) is 6.44. The highest BCUT2D eigenvalue weighted by Crippen LogP contribution is 2.17. The predicted octanol–water partition coefficient (Wildman–Crippen LogP) is 3.33. The van der Waals surface area contributed by atoms with E-state index in [1.807, 2.05) is 24.3 Å². The molecule has 0 spiro atoms. The monoisotopic (exact) mass is 289 g/mol. The van der Waals surface area contributed by atoms with Gasteiger partial charge in [0.15, 0.2) is 0 Å². The van der Waals surface area contributed by atoms with Crippen molar-refractivity contribution in [2.45, 2.75) is 13.3 Å². The first-order valence-electron chi connectivity index (χ1n) is 6.38. The largest absolute Gasteiger partial charge is 0.508 e. The maximum absolute atomic E-state index is 11.9. The van der Waals surface area contributed by atoms with Gasteiger partial charge in [0.25, 0.3) is 5.91 Å². The van der Waals surface area contributed by atoms with Gasteiger partial charge in [-0.05, 0) is 48.7 Å². The lowest BCUT2D eigenvalue weighted by Crippen LogP contribution is -2.25. The van der Waals surface area contributed by atoms with E-state index >= 15 is 0 Å². The molecule has 0 bridgehead atoms. The Hall–Kier alpha value is -2.00. The number of aryl methyl sites for hydroxylation is 1. The molecule has 0 saturated carbocycles. The number of hydrogen-bond donors (Lipinski definition) is 2. The van der Waals surface area contributed by atoms with Crippen LogP contribution >= 0.6 is 11.6 Å². The molecule has 0 aliphatic heterocycles. The van der Waals surface area contributed by atoms with E-state index in [1.54, 1.807) is 19.1 Å². The van der Waals surface area contributed by atoms with Crippen LogP contribution in [-0.2, 0) is 6.42 Å². The Morgan fingerprint density at radius 3 is 2.55 bits per heavy atom. The Bertz CT molecular complexity index is 608. The molecule has 2 N–H and O–H groups in total. The number of aromatic hydroxyl groups is 1. The minimum absolute atomic E-state index is 0.135. The molecule has 0 radical (unpaired) electrons. The third kappa shape index (κ3) is 3.75. The van der Waals surface area contributed by atoms with Crippen LogP contribution in [0.3, 0.4) is 0 Å². The van der Waals surface area contributed by atoms with Crippen molar-refractivity contribution in [3.8, 4) is 5.75 Å². The maximum atomic E-state index is 11.9. The lowest BCUT2D eigenvalue weighted by Gasteiger charge is -2.07. The van der Waals surface area contributed by atoms with Crippen LogP contribution in [0.25, 0.3) is 0 Å². The zero-order valence-corrected chi connectivity index (χ0v) is 11.9. The molecule has 0 saturated heterocycles. The van der Waals surface area contributed by atoms with Crippen LogP contribution in [0.1, 0.15) is 21.5 Å². The Balaban J connectivity index is 1.88. The molecule has 2 aromatic rings. The predicted molar refractivity (Wildman–Crippen MR) is 80.3 cm³/mol. The molecule has 0 aliphatic carbocycles. The third-order valence-corrected chi connectivity index (χ3v) is 3.34. The van der Waals surface area contributed by atoms with Gasteiger partial charge in [0, 0.05) is 17.1 Å². The first-order chi connectivity index (χ1) is 9.56. The highest BCUT2D eigenvalue weighted by atomic mass is 35.5. The van der Waals surface area contributed by atoms with Gasteiger partial charge in [-0.2, -0.15) is 0 Å². The lowest BCUT2D eigenvalue weighted by molar-refractivity contribution is 0.0953. The van der Waals surface area contributed by atoms with Gasteiger partial charge in [-0.25, -0.2) is 0 Å². The minimum atomic E-state index is -0.186. The number of rotatable bonds is 4. The Kier molecular flexibility index (Phi) is 4.64. The van der Waals surface area contributed by atoms with Crippen LogP contribution < -0.4 is 5.32 Å². The highest BCUT2D eigenvalue weighted by Gasteiger charge is 2.07. The van der Waals surface area contributed by atoms with Gasteiger partial charge in [0.05, 0.1) is 0 Å². The van der Waals surface area contributed by atoms with Crippen molar-refractivity contribution in [2.24, 2.45) is 0 Å². The van der Waals surface area contributed by atoms with Gasteiger partial charge in [-0.1, -0.05) is 29.8 Å². The molecule has 20 heavy (non-hydrogen) atoms. The van der Waals surface area contributed by atoms with Gasteiger partial charge in [-0.15, -0.1) is 0 Å². The molecule has 0 aromatic heterocycles. The second-order valence-electron chi connectivity index (χ2n) is 4.63. The summed E-state index contributed by atoms with van der Waals surface area (Å²) in [6.07, 6.45) is 0.737. The number of amides is 1. The van der Waals surface area contributed by atoms with Crippen molar-refractivity contribution < 1.29 is 9.90 Å². The van der Waals surface area contributed by atoms with Crippen LogP contribution in [0.4, 0.5) is 0 Å². The van der Waals surface area contributed by atoms with Crippen molar-refractivity contribution >= 4 is 17.5 Å². The molecular weight excluding hydrogens is 274 g/mol. The summed E-state index contributed by atoms with van der Waals surface area (Å²) >= 11 is 5.81. The first kappa shape index (κ1) is 14.4. The number of nitrogens with one attached hydrogen (secondary N) is 1. The lowest BCUT2D eigenvalue weighted by atomic mass is 10.1. The standard InChI is InChI=1S/C16H16ClNO2/c1-11-2-5-13(10-15(11)19)16(20)18-9-8-12-3-6-14(17)7-4-12/h2-7,10,19H,8-9H2,1H3,(H,18,20). The van der Waals surface area contributed by atoms with Crippen LogP contribution in [0.2, 0.25) is 5.02 Å². The van der Waals surface area contributed by atoms with Gasteiger partial charge < -0.3 is 10.4 Å². The number of phenolic OH excluding ortho intramolecular Hbond substituents is 1. The summed E-state index contributed by atoms with van der Waals surface area (Å²) in [6.45, 7) is 2.33. The van der Waals surface area contributed by atoms with Gasteiger partial charge in [0.2, 0.25) is 0 Å². The number of carbonyl (C=O) groups is 1. The molecule has 0 heterocycles. The number of phenols is 1. The van der Waals surface area contributed by atoms with E-state index in [4.69, 9.17) is 11.6 Å². The summed E-state index contributed by atoms with van der Waals surface area (Å²) in [4.78, 5) is 11.9. The fourth-order valence-corrected chi connectivity index (χ4v) is 1.95. The quantitative estimate of drug-likeness (QED) is 0.907. The summed E-state index contributed by atoms with van der Waals surface area (Å²) in [5.41, 5.74) is 2.33. The molecule has 0 aliphatic rings. The molecule has 0 atom stereocenters. The van der Waals surface area contributed by atoms with Gasteiger partial charge in [0.1, 0.15) is 5.75 Å². The highest BCUT2D eigenvalue weighted by molar-refractivity contribution is 6.30. The average molecular weight is 290 g/mol. The van der Waals surface area contributed by atoms with Gasteiger partial charge >= 0.3 is 0 Å². The molecule has 4 heteroatoms. The van der Waals surface area contributed by atoms with Crippen molar-refractivity contribution in [1.82, 2.24) is 5.32 Å². The number of carbonyl (C=O) groups excluding carboxylic acids is 1. The fraction of sp³-hybridized carbons (Fsp3) is 0.188. The SMILES string of the molecule is Cc1ccc(C(=O)NCCc2ccc(Cl)cc2)cc1O. The molecule has 3 nitrogen and oxygen atoms in total. The van der Waals surface area contributed by atoms with Crippen LogP contribution in [0.15, 0.2) is 42.5 Å². The van der Waals surface area contributed by atoms with Crippen molar-refractivity contribution in [3.05, 3.63) is 64.2 Å².